The van der Waals surface area contributed by atoms with Crippen LogP contribution >= 0.6 is 0 Å². The van der Waals surface area contributed by atoms with Gasteiger partial charge in [-0.25, -0.2) is 9.97 Å². The minimum atomic E-state index is 0.355. The fraction of sp³-hybridized carbons (Fsp3) is 0.440. The molecule has 1 saturated heterocycles. The molecule has 2 aliphatic heterocycles. The molecular formula is C25H34BN5. The Morgan fingerprint density at radius 1 is 1.23 bits per heavy atom. The van der Waals surface area contributed by atoms with Crippen LogP contribution in [-0.2, 0) is 19.4 Å². The van der Waals surface area contributed by atoms with Gasteiger partial charge < -0.3 is 9.80 Å². The molecule has 31 heavy (non-hydrogen) atoms. The molecule has 0 spiro atoms. The second kappa shape index (κ2) is 8.87. The van der Waals surface area contributed by atoms with E-state index < -0.39 is 0 Å². The first-order chi connectivity index (χ1) is 14.9. The Balaban J connectivity index is 1.66. The average molecular weight is 415 g/mol. The number of hydrogen-bond acceptors (Lipinski definition) is 5. The number of piperazine rings is 1. The minimum absolute atomic E-state index is 0.355. The maximum atomic E-state index is 5.01. The molecule has 1 aromatic carbocycles. The average Bonchev–Trinajstić information content (AvgIpc) is 2.78. The van der Waals surface area contributed by atoms with E-state index in [9.17, 15) is 0 Å². The number of aromatic nitrogens is 2. The molecule has 5 nitrogen and oxygen atoms in total. The van der Waals surface area contributed by atoms with E-state index in [0.29, 0.717) is 6.04 Å². The van der Waals surface area contributed by atoms with Crippen LogP contribution in [0, 0.1) is 6.92 Å². The van der Waals surface area contributed by atoms with Crippen LogP contribution in [0.1, 0.15) is 41.2 Å². The number of fused-ring (bicyclic) bond motifs is 1. The van der Waals surface area contributed by atoms with Gasteiger partial charge in [0.05, 0.1) is 5.69 Å². The molecule has 0 amide bonds. The molecule has 0 radical (unpaired) electrons. The quantitative estimate of drug-likeness (QED) is 0.553. The molecule has 6 heteroatoms. The van der Waals surface area contributed by atoms with Crippen LogP contribution in [0.4, 0.5) is 5.82 Å². The molecule has 0 bridgehead atoms. The van der Waals surface area contributed by atoms with Crippen LogP contribution in [0.25, 0.3) is 0 Å². The third-order valence-electron chi connectivity index (χ3n) is 6.86. The predicted octanol–water partition coefficient (Wildman–Crippen LogP) is 2.16. The van der Waals surface area contributed by atoms with E-state index in [-0.39, 0.29) is 0 Å². The van der Waals surface area contributed by atoms with Gasteiger partial charge in [0.2, 0.25) is 0 Å². The molecule has 1 atom stereocenters. The predicted molar refractivity (Wildman–Crippen MR) is 132 cm³/mol. The summed E-state index contributed by atoms with van der Waals surface area (Å²) in [5, 5.41) is 0. The van der Waals surface area contributed by atoms with Crippen LogP contribution < -0.4 is 10.4 Å². The maximum Gasteiger partial charge on any atom is 0.139 e. The van der Waals surface area contributed by atoms with E-state index in [2.05, 4.69) is 74.8 Å². The zero-order valence-electron chi connectivity index (χ0n) is 19.5. The van der Waals surface area contributed by atoms with Crippen LogP contribution in [0.3, 0.4) is 0 Å². The van der Waals surface area contributed by atoms with Gasteiger partial charge in [-0.15, -0.1) is 0 Å². The van der Waals surface area contributed by atoms with Crippen molar-refractivity contribution in [1.29, 1.82) is 0 Å². The lowest BCUT2D eigenvalue weighted by molar-refractivity contribution is 0.214. The van der Waals surface area contributed by atoms with Crippen LogP contribution in [0.2, 0.25) is 0 Å². The number of anilines is 1. The Kier molecular flexibility index (Phi) is 6.19. The lowest BCUT2D eigenvalue weighted by atomic mass is 9.81. The SMILES string of the molecule is Bc1cccc(C)c1C1Cc2nc(CC)nc(N3CCN(C(=C)C=C)CC3)c2CN1C. The minimum Gasteiger partial charge on any atom is -0.368 e. The van der Waals surface area contributed by atoms with Crippen molar-refractivity contribution in [3.8, 4) is 0 Å². The lowest BCUT2D eigenvalue weighted by Gasteiger charge is -2.40. The number of hydrogen-bond donors (Lipinski definition) is 0. The summed E-state index contributed by atoms with van der Waals surface area (Å²) in [6.07, 6.45) is 3.64. The molecule has 2 aromatic rings. The van der Waals surface area contributed by atoms with Crippen molar-refractivity contribution >= 4 is 19.1 Å². The number of rotatable bonds is 5. The fourth-order valence-electron chi connectivity index (χ4n) is 5.03. The van der Waals surface area contributed by atoms with Crippen molar-refractivity contribution in [3.63, 3.8) is 0 Å². The summed E-state index contributed by atoms with van der Waals surface area (Å²) in [6, 6.07) is 6.96. The lowest BCUT2D eigenvalue weighted by Crippen LogP contribution is -2.47. The summed E-state index contributed by atoms with van der Waals surface area (Å²) in [6.45, 7) is 17.0. The molecular weight excluding hydrogens is 381 g/mol. The van der Waals surface area contributed by atoms with Gasteiger partial charge in [0.1, 0.15) is 19.5 Å². The number of nitrogens with zero attached hydrogens (tertiary/aromatic N) is 5. The first-order valence-electron chi connectivity index (χ1n) is 11.4. The second-order valence-corrected chi connectivity index (χ2v) is 8.85. The van der Waals surface area contributed by atoms with Crippen molar-refractivity contribution in [2.75, 3.05) is 38.1 Å². The van der Waals surface area contributed by atoms with Crippen molar-refractivity contribution in [1.82, 2.24) is 19.8 Å². The Hall–Kier alpha value is -2.60. The van der Waals surface area contributed by atoms with E-state index in [0.717, 1.165) is 62.9 Å². The van der Waals surface area contributed by atoms with E-state index in [4.69, 9.17) is 9.97 Å². The maximum absolute atomic E-state index is 5.01. The Morgan fingerprint density at radius 3 is 2.61 bits per heavy atom. The highest BCUT2D eigenvalue weighted by atomic mass is 15.3. The van der Waals surface area contributed by atoms with Gasteiger partial charge in [-0.3, -0.25) is 4.90 Å². The third kappa shape index (κ3) is 4.13. The van der Waals surface area contributed by atoms with E-state index in [1.165, 1.54) is 27.8 Å². The van der Waals surface area contributed by atoms with Crippen LogP contribution in [0.5, 0.6) is 0 Å². The molecule has 162 valence electrons. The fourth-order valence-corrected chi connectivity index (χ4v) is 5.03. The van der Waals surface area contributed by atoms with Crippen LogP contribution in [0.15, 0.2) is 43.1 Å². The Bertz CT molecular complexity index is 973. The summed E-state index contributed by atoms with van der Waals surface area (Å²) in [7, 11) is 4.47. The van der Waals surface area contributed by atoms with E-state index in [1.807, 2.05) is 6.08 Å². The molecule has 2 aliphatic rings. The summed E-state index contributed by atoms with van der Waals surface area (Å²) in [4.78, 5) is 17.3. The highest BCUT2D eigenvalue weighted by molar-refractivity contribution is 6.33. The van der Waals surface area contributed by atoms with Crippen molar-refractivity contribution in [3.05, 3.63) is 71.3 Å². The van der Waals surface area contributed by atoms with Crippen molar-refractivity contribution in [2.24, 2.45) is 0 Å². The number of benzene rings is 1. The molecule has 1 fully saturated rings. The zero-order valence-corrected chi connectivity index (χ0v) is 19.5. The van der Waals surface area contributed by atoms with Gasteiger partial charge in [-0.05, 0) is 31.2 Å². The second-order valence-electron chi connectivity index (χ2n) is 8.85. The molecule has 1 aromatic heterocycles. The summed E-state index contributed by atoms with van der Waals surface area (Å²) in [5.41, 5.74) is 7.72. The molecule has 1 unspecified atom stereocenters. The number of aryl methyl sites for hydroxylation is 2. The van der Waals surface area contributed by atoms with Crippen molar-refractivity contribution < 1.29 is 0 Å². The van der Waals surface area contributed by atoms with E-state index in [1.54, 1.807) is 0 Å². The van der Waals surface area contributed by atoms with Gasteiger partial charge in [0.15, 0.2) is 0 Å². The zero-order chi connectivity index (χ0) is 22.1. The van der Waals surface area contributed by atoms with Crippen molar-refractivity contribution in [2.45, 2.75) is 39.3 Å². The molecule has 0 aliphatic carbocycles. The van der Waals surface area contributed by atoms with Gasteiger partial charge in [0, 0.05) is 62.9 Å². The molecule has 3 heterocycles. The topological polar surface area (TPSA) is 35.5 Å². The van der Waals surface area contributed by atoms with Gasteiger partial charge in [-0.2, -0.15) is 0 Å². The van der Waals surface area contributed by atoms with Gasteiger partial charge in [0.25, 0.3) is 0 Å². The molecule has 0 saturated carbocycles. The van der Waals surface area contributed by atoms with E-state index >= 15 is 0 Å². The smallest absolute Gasteiger partial charge is 0.139 e. The third-order valence-corrected chi connectivity index (χ3v) is 6.86. The summed E-state index contributed by atoms with van der Waals surface area (Å²) >= 11 is 0. The normalized spacial score (nSPS) is 19.3. The Morgan fingerprint density at radius 2 is 1.97 bits per heavy atom. The molecule has 0 N–H and O–H groups in total. The van der Waals surface area contributed by atoms with Gasteiger partial charge >= 0.3 is 0 Å². The largest absolute Gasteiger partial charge is 0.368 e. The first kappa shape index (κ1) is 21.6. The highest BCUT2D eigenvalue weighted by Crippen LogP contribution is 2.36. The number of allylic oxidation sites excluding steroid dienone is 1. The monoisotopic (exact) mass is 415 g/mol. The summed E-state index contributed by atoms with van der Waals surface area (Å²) < 4.78 is 0. The highest BCUT2D eigenvalue weighted by Gasteiger charge is 2.32. The Labute approximate surface area is 187 Å². The molecule has 4 rings (SSSR count). The summed E-state index contributed by atoms with van der Waals surface area (Å²) in [5.74, 6) is 2.09. The standard InChI is InChI=1S/C25H34BN5/c1-6-18(4)30-11-13-31(14-12-30)25-19-16-29(5)22(15-21(19)27-23(7-2)28-25)24-17(3)9-8-10-20(24)26/h6,8-10,22H,1,4,7,11-16,26H2,2-3,5H3. The first-order valence-corrected chi connectivity index (χ1v) is 11.4. The van der Waals surface area contributed by atoms with Gasteiger partial charge in [-0.1, -0.05) is 43.7 Å². The van der Waals surface area contributed by atoms with Crippen LogP contribution in [-0.4, -0.2) is 60.8 Å². The number of likely N-dealkylation sites (N-methyl/N-ethyl adjacent to an activating group) is 1.